The molecule has 5 rings (SSSR count). The lowest BCUT2D eigenvalue weighted by Crippen LogP contribution is -2.21. The minimum atomic E-state index is -0.0636. The van der Waals surface area contributed by atoms with Crippen LogP contribution in [-0.4, -0.2) is 15.3 Å². The Morgan fingerprint density at radius 2 is 1.38 bits per heavy atom. The summed E-state index contributed by atoms with van der Waals surface area (Å²) in [5, 5.41) is 0.613. The molecule has 1 aliphatic rings. The Labute approximate surface area is 171 Å². The van der Waals surface area contributed by atoms with Gasteiger partial charge in [-0.25, -0.2) is 9.98 Å². The highest BCUT2D eigenvalue weighted by Crippen LogP contribution is 2.28. The van der Waals surface area contributed by atoms with Crippen molar-refractivity contribution in [2.24, 2.45) is 4.99 Å². The van der Waals surface area contributed by atoms with Crippen LogP contribution >= 0.6 is 0 Å². The van der Waals surface area contributed by atoms with E-state index in [0.29, 0.717) is 16.7 Å². The Kier molecular flexibility index (Phi) is 6.35. The van der Waals surface area contributed by atoms with Crippen LogP contribution in [0.4, 0.5) is 5.69 Å². The second-order valence-electron chi connectivity index (χ2n) is 5.91. The summed E-state index contributed by atoms with van der Waals surface area (Å²) in [6, 6.07) is 25.0. The van der Waals surface area contributed by atoms with E-state index in [1.165, 1.54) is 0 Å². The highest BCUT2D eigenvalue weighted by Gasteiger charge is 2.28. The minimum absolute atomic E-state index is 0.0636. The monoisotopic (exact) mass is 383 g/mol. The van der Waals surface area contributed by atoms with Gasteiger partial charge in [-0.2, -0.15) is 0 Å². The summed E-state index contributed by atoms with van der Waals surface area (Å²) >= 11 is 0. The summed E-state index contributed by atoms with van der Waals surface area (Å²) in [4.78, 5) is 22.6. The Bertz CT molecular complexity index is 1210. The minimum Gasteiger partial charge on any atom is -0.268 e. The van der Waals surface area contributed by atoms with Gasteiger partial charge in [0.15, 0.2) is 5.82 Å². The first-order valence-electron chi connectivity index (χ1n) is 10.1. The van der Waals surface area contributed by atoms with E-state index in [1.54, 1.807) is 4.57 Å². The maximum atomic E-state index is 13.0. The first-order valence-corrected chi connectivity index (χ1v) is 10.1. The second kappa shape index (κ2) is 9.11. The maximum Gasteiger partial charge on any atom is 0.266 e. The third-order valence-electron chi connectivity index (χ3n) is 4.38. The van der Waals surface area contributed by atoms with E-state index in [-0.39, 0.29) is 5.56 Å². The summed E-state index contributed by atoms with van der Waals surface area (Å²) < 4.78 is 1.67. The van der Waals surface area contributed by atoms with E-state index in [4.69, 9.17) is 9.98 Å². The molecule has 0 spiro atoms. The third-order valence-corrected chi connectivity index (χ3v) is 4.38. The van der Waals surface area contributed by atoms with Gasteiger partial charge < -0.3 is 0 Å². The molecular weight excluding hydrogens is 358 g/mol. The highest BCUT2D eigenvalue weighted by atomic mass is 16.1. The summed E-state index contributed by atoms with van der Waals surface area (Å²) in [6.07, 6.45) is 0. The first-order chi connectivity index (χ1) is 14.3. The lowest BCUT2D eigenvalue weighted by Gasteiger charge is -2.05. The highest BCUT2D eigenvalue weighted by molar-refractivity contribution is 6.17. The number of benzene rings is 3. The Morgan fingerprint density at radius 3 is 2.14 bits per heavy atom. The van der Waals surface area contributed by atoms with Crippen LogP contribution in [0.3, 0.4) is 0 Å². The van der Waals surface area contributed by atoms with E-state index in [2.05, 4.69) is 0 Å². The molecule has 0 bridgehead atoms. The van der Waals surface area contributed by atoms with Crippen LogP contribution < -0.4 is 5.56 Å². The molecule has 1 aromatic heterocycles. The van der Waals surface area contributed by atoms with Gasteiger partial charge in [0.2, 0.25) is 0 Å². The topological polar surface area (TPSA) is 47.2 Å². The second-order valence-corrected chi connectivity index (χ2v) is 5.91. The van der Waals surface area contributed by atoms with Crippen LogP contribution in [0, 0.1) is 0 Å². The zero-order valence-electron chi connectivity index (χ0n) is 17.3. The van der Waals surface area contributed by atoms with Crippen molar-refractivity contribution in [2.75, 3.05) is 0 Å². The number of aliphatic imine (C=N–C) groups is 1. The van der Waals surface area contributed by atoms with Crippen LogP contribution in [0.25, 0.3) is 16.6 Å². The van der Waals surface area contributed by atoms with Crippen molar-refractivity contribution in [3.05, 3.63) is 101 Å². The van der Waals surface area contributed by atoms with Gasteiger partial charge in [0, 0.05) is 5.56 Å². The van der Waals surface area contributed by atoms with Crippen LogP contribution in [0.1, 0.15) is 39.1 Å². The number of nitrogens with zero attached hydrogens (tertiary/aromatic N) is 3. The molecule has 29 heavy (non-hydrogen) atoms. The number of hydrogen-bond acceptors (Lipinski definition) is 3. The standard InChI is InChI=1S/C21H13N3O.2C2H6/c25-21-15-10-4-6-12-17(15)23-20-19(22-14-8-2-1-3-9-14)16-11-5-7-13-18(16)24(20)21;2*1-2/h1-13H;2*1-2H3. The number of hydrogen-bond donors (Lipinski definition) is 0. The van der Waals surface area contributed by atoms with Crippen molar-refractivity contribution in [1.82, 2.24) is 9.55 Å². The van der Waals surface area contributed by atoms with Gasteiger partial charge in [0.05, 0.1) is 22.3 Å². The predicted octanol–water partition coefficient (Wildman–Crippen LogP) is 5.92. The zero-order valence-corrected chi connectivity index (χ0v) is 17.3. The SMILES string of the molecule is CC.CC.O=c1c2ccccc2nc2n1-c1ccccc1C2=Nc1ccccc1. The molecule has 0 N–H and O–H groups in total. The van der Waals surface area contributed by atoms with E-state index < -0.39 is 0 Å². The van der Waals surface area contributed by atoms with Gasteiger partial charge in [0.1, 0.15) is 5.71 Å². The van der Waals surface area contributed by atoms with Gasteiger partial charge in [-0.05, 0) is 30.3 Å². The molecule has 0 saturated carbocycles. The fraction of sp³-hybridized carbons (Fsp3) is 0.160. The van der Waals surface area contributed by atoms with Crippen molar-refractivity contribution in [2.45, 2.75) is 27.7 Å². The van der Waals surface area contributed by atoms with Gasteiger partial charge in [0.25, 0.3) is 5.56 Å². The molecule has 0 unspecified atom stereocenters. The van der Waals surface area contributed by atoms with Gasteiger partial charge >= 0.3 is 0 Å². The molecule has 0 amide bonds. The first kappa shape index (κ1) is 20.2. The van der Waals surface area contributed by atoms with E-state index in [9.17, 15) is 4.79 Å². The summed E-state index contributed by atoms with van der Waals surface area (Å²) in [7, 11) is 0. The van der Waals surface area contributed by atoms with Crippen molar-refractivity contribution in [1.29, 1.82) is 0 Å². The molecule has 0 radical (unpaired) electrons. The Hall–Kier alpha value is -3.53. The molecule has 4 heteroatoms. The molecule has 0 fully saturated rings. The smallest absolute Gasteiger partial charge is 0.266 e. The number of aromatic nitrogens is 2. The van der Waals surface area contributed by atoms with Crippen LogP contribution in [0.15, 0.2) is 88.6 Å². The van der Waals surface area contributed by atoms with Crippen molar-refractivity contribution in [3.8, 4) is 5.69 Å². The van der Waals surface area contributed by atoms with E-state index >= 15 is 0 Å². The van der Waals surface area contributed by atoms with Crippen molar-refractivity contribution in [3.63, 3.8) is 0 Å². The van der Waals surface area contributed by atoms with Gasteiger partial charge in [-0.1, -0.05) is 76.2 Å². The third kappa shape index (κ3) is 3.61. The quantitative estimate of drug-likeness (QED) is 0.361. The molecule has 4 aromatic rings. The summed E-state index contributed by atoms with van der Waals surface area (Å²) in [5.41, 5.74) is 3.94. The molecule has 0 aliphatic carbocycles. The lowest BCUT2D eigenvalue weighted by molar-refractivity contribution is 0.967. The Balaban J connectivity index is 0.000000568. The zero-order chi connectivity index (χ0) is 20.8. The number of para-hydroxylation sites is 3. The average molecular weight is 383 g/mol. The maximum absolute atomic E-state index is 13.0. The Morgan fingerprint density at radius 1 is 0.759 bits per heavy atom. The number of fused-ring (bicyclic) bond motifs is 4. The van der Waals surface area contributed by atoms with Crippen LogP contribution in [0.5, 0.6) is 0 Å². The fourth-order valence-corrected chi connectivity index (χ4v) is 3.25. The van der Waals surface area contributed by atoms with Crippen molar-refractivity contribution < 1.29 is 0 Å². The number of rotatable bonds is 1. The van der Waals surface area contributed by atoms with Crippen molar-refractivity contribution >= 4 is 22.3 Å². The van der Waals surface area contributed by atoms with Gasteiger partial charge in [-0.15, -0.1) is 0 Å². The fourth-order valence-electron chi connectivity index (χ4n) is 3.25. The predicted molar refractivity (Wildman–Crippen MR) is 122 cm³/mol. The van der Waals surface area contributed by atoms with Crippen LogP contribution in [0.2, 0.25) is 0 Å². The molecule has 4 nitrogen and oxygen atoms in total. The normalized spacial score (nSPS) is 12.3. The van der Waals surface area contributed by atoms with Gasteiger partial charge in [-0.3, -0.25) is 9.36 Å². The average Bonchev–Trinajstić information content (AvgIpc) is 3.11. The molecule has 1 aliphatic heterocycles. The molecule has 146 valence electrons. The largest absolute Gasteiger partial charge is 0.268 e. The summed E-state index contributed by atoms with van der Waals surface area (Å²) in [5.74, 6) is 0.591. The molecule has 2 heterocycles. The van der Waals surface area contributed by atoms with Crippen LogP contribution in [-0.2, 0) is 0 Å². The molecule has 0 saturated heterocycles. The summed E-state index contributed by atoms with van der Waals surface area (Å²) in [6.45, 7) is 8.00. The van der Waals surface area contributed by atoms with E-state index in [0.717, 1.165) is 22.6 Å². The van der Waals surface area contributed by atoms with E-state index in [1.807, 2.05) is 107 Å². The molecule has 0 atom stereocenters. The lowest BCUT2D eigenvalue weighted by atomic mass is 10.1. The molecular formula is C25H25N3O. The molecule has 3 aromatic carbocycles.